The zero-order chi connectivity index (χ0) is 22.3. The van der Waals surface area contributed by atoms with Crippen LogP contribution in [0.15, 0.2) is 54.6 Å². The van der Waals surface area contributed by atoms with E-state index in [0.29, 0.717) is 32.7 Å². The summed E-state index contributed by atoms with van der Waals surface area (Å²) in [6.45, 7) is 2.66. The summed E-state index contributed by atoms with van der Waals surface area (Å²) in [4.78, 5) is 30.1. The van der Waals surface area contributed by atoms with Crippen LogP contribution >= 0.6 is 0 Å². The third-order valence-electron chi connectivity index (χ3n) is 6.55. The number of likely N-dealkylation sites (tertiary alicyclic amines) is 1. The highest BCUT2D eigenvalue weighted by atomic mass is 19.1. The molecular weight excluding hydrogens is 407 g/mol. The van der Waals surface area contributed by atoms with E-state index in [1.807, 2.05) is 35.2 Å². The summed E-state index contributed by atoms with van der Waals surface area (Å²) >= 11 is 0. The van der Waals surface area contributed by atoms with Gasteiger partial charge in [0.15, 0.2) is 0 Å². The van der Waals surface area contributed by atoms with Gasteiger partial charge in [0, 0.05) is 38.4 Å². The molecule has 0 unspecified atom stereocenters. The van der Waals surface area contributed by atoms with Crippen LogP contribution in [0.1, 0.15) is 36.8 Å². The molecule has 2 aliphatic heterocycles. The quantitative estimate of drug-likeness (QED) is 0.692. The fourth-order valence-electron chi connectivity index (χ4n) is 4.81. The Bertz CT molecular complexity index is 889. The molecule has 0 aromatic heterocycles. The van der Waals surface area contributed by atoms with E-state index in [2.05, 4.69) is 4.90 Å². The van der Waals surface area contributed by atoms with Crippen molar-refractivity contribution in [3.05, 3.63) is 71.5 Å². The largest absolute Gasteiger partial charge is 0.381 e. The third kappa shape index (κ3) is 5.74. The lowest BCUT2D eigenvalue weighted by Gasteiger charge is -2.43. The molecule has 6 heteroatoms. The van der Waals surface area contributed by atoms with Crippen molar-refractivity contribution in [1.82, 2.24) is 9.80 Å². The number of piperidine rings is 1. The van der Waals surface area contributed by atoms with E-state index in [9.17, 15) is 14.0 Å². The van der Waals surface area contributed by atoms with Crippen LogP contribution in [-0.4, -0.2) is 60.0 Å². The molecule has 2 aliphatic rings. The Morgan fingerprint density at radius 3 is 2.09 bits per heavy atom. The van der Waals surface area contributed by atoms with E-state index in [1.165, 1.54) is 12.1 Å². The summed E-state index contributed by atoms with van der Waals surface area (Å²) < 4.78 is 18.7. The lowest BCUT2D eigenvalue weighted by molar-refractivity contribution is -0.140. The van der Waals surface area contributed by atoms with Gasteiger partial charge in [-0.05, 0) is 48.9 Å². The average Bonchev–Trinajstić information content (AvgIpc) is 2.82. The van der Waals surface area contributed by atoms with Crippen molar-refractivity contribution in [2.45, 2.75) is 50.6 Å². The van der Waals surface area contributed by atoms with Crippen LogP contribution in [0.3, 0.4) is 0 Å². The number of ether oxygens (including phenoxy) is 1. The van der Waals surface area contributed by atoms with Crippen LogP contribution < -0.4 is 0 Å². The zero-order valence-corrected chi connectivity index (χ0v) is 18.4. The first kappa shape index (κ1) is 22.5. The summed E-state index contributed by atoms with van der Waals surface area (Å²) in [6.07, 6.45) is 3.98. The molecule has 0 aliphatic carbocycles. The summed E-state index contributed by atoms with van der Waals surface area (Å²) in [7, 11) is 0. The van der Waals surface area contributed by atoms with Crippen LogP contribution in [-0.2, 0) is 27.2 Å². The number of hydrogen-bond donors (Lipinski definition) is 0. The van der Waals surface area contributed by atoms with Gasteiger partial charge in [0.05, 0.1) is 12.8 Å². The highest BCUT2D eigenvalue weighted by Gasteiger charge is 2.34. The first-order valence-electron chi connectivity index (χ1n) is 11.5. The van der Waals surface area contributed by atoms with Crippen LogP contribution in [0, 0.1) is 5.82 Å². The number of amides is 2. The summed E-state index contributed by atoms with van der Waals surface area (Å²) in [5.41, 5.74) is 1.85. The minimum atomic E-state index is -0.296. The number of hydrogen-bond acceptors (Lipinski definition) is 3. The maximum Gasteiger partial charge on any atom is 0.227 e. The van der Waals surface area contributed by atoms with Gasteiger partial charge in [-0.2, -0.15) is 0 Å². The fourth-order valence-corrected chi connectivity index (χ4v) is 4.81. The van der Waals surface area contributed by atoms with Gasteiger partial charge in [-0.3, -0.25) is 9.59 Å². The van der Waals surface area contributed by atoms with Crippen LogP contribution in [0.2, 0.25) is 0 Å². The van der Waals surface area contributed by atoms with Crippen molar-refractivity contribution in [2.75, 3.05) is 26.3 Å². The molecule has 32 heavy (non-hydrogen) atoms. The Morgan fingerprint density at radius 2 is 1.44 bits per heavy atom. The molecule has 4 rings (SSSR count). The smallest absolute Gasteiger partial charge is 0.227 e. The number of nitrogens with zero attached hydrogens (tertiary/aromatic N) is 2. The van der Waals surface area contributed by atoms with E-state index in [0.717, 1.165) is 36.8 Å². The lowest BCUT2D eigenvalue weighted by atomic mass is 9.96. The van der Waals surface area contributed by atoms with Gasteiger partial charge in [0.1, 0.15) is 5.82 Å². The van der Waals surface area contributed by atoms with Gasteiger partial charge in [-0.15, -0.1) is 0 Å². The Labute approximate surface area is 189 Å². The van der Waals surface area contributed by atoms with Crippen LogP contribution in [0.25, 0.3) is 0 Å². The summed E-state index contributed by atoms with van der Waals surface area (Å²) in [5, 5.41) is 0. The summed E-state index contributed by atoms with van der Waals surface area (Å²) in [5.74, 6) is -0.0714. The third-order valence-corrected chi connectivity index (χ3v) is 6.55. The summed E-state index contributed by atoms with van der Waals surface area (Å²) in [6, 6.07) is 16.3. The Hall–Kier alpha value is -2.73. The molecule has 170 valence electrons. The molecule has 2 saturated heterocycles. The van der Waals surface area contributed by atoms with Crippen molar-refractivity contribution in [3.63, 3.8) is 0 Å². The number of carbonyl (C=O) groups is 2. The normalized spacial score (nSPS) is 17.8. The van der Waals surface area contributed by atoms with Crippen LogP contribution in [0.5, 0.6) is 0 Å². The first-order valence-corrected chi connectivity index (χ1v) is 11.5. The minimum absolute atomic E-state index is 0.0586. The molecule has 5 nitrogen and oxygen atoms in total. The van der Waals surface area contributed by atoms with Crippen molar-refractivity contribution >= 4 is 11.8 Å². The van der Waals surface area contributed by atoms with Crippen molar-refractivity contribution in [1.29, 1.82) is 0 Å². The molecule has 0 spiro atoms. The SMILES string of the molecule is O=C(Cc1ccc(F)cc1)N1CCC(N(C(=O)Cc2ccccc2)C2CCOCC2)CC1. The Kier molecular flexibility index (Phi) is 7.53. The van der Waals surface area contributed by atoms with E-state index in [4.69, 9.17) is 4.74 Å². The molecule has 0 bridgehead atoms. The second-order valence-electron chi connectivity index (χ2n) is 8.72. The number of benzene rings is 2. The van der Waals surface area contributed by atoms with Crippen molar-refractivity contribution < 1.29 is 18.7 Å². The van der Waals surface area contributed by atoms with Gasteiger partial charge in [0.2, 0.25) is 11.8 Å². The molecule has 2 fully saturated rings. The Balaban J connectivity index is 1.38. The van der Waals surface area contributed by atoms with Crippen molar-refractivity contribution in [2.24, 2.45) is 0 Å². The second kappa shape index (κ2) is 10.7. The van der Waals surface area contributed by atoms with Gasteiger partial charge in [-0.25, -0.2) is 4.39 Å². The molecule has 2 amide bonds. The van der Waals surface area contributed by atoms with Gasteiger partial charge < -0.3 is 14.5 Å². The number of halogens is 1. The van der Waals surface area contributed by atoms with Gasteiger partial charge >= 0.3 is 0 Å². The van der Waals surface area contributed by atoms with Gasteiger partial charge in [0.25, 0.3) is 0 Å². The van der Waals surface area contributed by atoms with E-state index < -0.39 is 0 Å². The standard InChI is InChI=1S/C26H31FN2O3/c27-22-8-6-21(7-9-22)18-25(30)28-14-10-23(11-15-28)29(24-12-16-32-17-13-24)26(31)19-20-4-2-1-3-5-20/h1-9,23-24H,10-19H2. The van der Waals surface area contributed by atoms with Gasteiger partial charge in [-0.1, -0.05) is 42.5 Å². The van der Waals surface area contributed by atoms with E-state index in [-0.39, 0.29) is 36.1 Å². The molecule has 0 atom stereocenters. The zero-order valence-electron chi connectivity index (χ0n) is 18.4. The van der Waals surface area contributed by atoms with Crippen molar-refractivity contribution in [3.8, 4) is 0 Å². The first-order chi connectivity index (χ1) is 15.6. The number of rotatable bonds is 6. The molecule has 2 heterocycles. The predicted molar refractivity (Wildman–Crippen MR) is 121 cm³/mol. The fraction of sp³-hybridized carbons (Fsp3) is 0.462. The molecule has 0 saturated carbocycles. The lowest BCUT2D eigenvalue weighted by Crippen LogP contribution is -2.54. The molecule has 0 N–H and O–H groups in total. The predicted octanol–water partition coefficient (Wildman–Crippen LogP) is 3.61. The van der Waals surface area contributed by atoms with Crippen LogP contribution in [0.4, 0.5) is 4.39 Å². The maximum atomic E-state index is 13.4. The number of carbonyl (C=O) groups excluding carboxylic acids is 2. The highest BCUT2D eigenvalue weighted by Crippen LogP contribution is 2.25. The van der Waals surface area contributed by atoms with E-state index >= 15 is 0 Å². The Morgan fingerprint density at radius 1 is 0.844 bits per heavy atom. The highest BCUT2D eigenvalue weighted by molar-refractivity contribution is 5.80. The average molecular weight is 439 g/mol. The van der Waals surface area contributed by atoms with E-state index in [1.54, 1.807) is 12.1 Å². The second-order valence-corrected chi connectivity index (χ2v) is 8.72. The maximum absolute atomic E-state index is 13.4. The topological polar surface area (TPSA) is 49.9 Å². The molecular formula is C26H31FN2O3. The molecule has 2 aromatic carbocycles. The molecule has 0 radical (unpaired) electrons. The monoisotopic (exact) mass is 438 g/mol. The minimum Gasteiger partial charge on any atom is -0.381 e. The molecule has 2 aromatic rings.